The summed E-state index contributed by atoms with van der Waals surface area (Å²) in [5, 5.41) is 3.97. The molecular weight excluding hydrogens is 307 g/mol. The number of halogens is 2. The fourth-order valence-corrected chi connectivity index (χ4v) is 1.88. The van der Waals surface area contributed by atoms with Crippen LogP contribution in [0.1, 0.15) is 11.1 Å². The Morgan fingerprint density at radius 3 is 2.91 bits per heavy atom. The van der Waals surface area contributed by atoms with Crippen LogP contribution in [-0.4, -0.2) is 18.7 Å². The summed E-state index contributed by atoms with van der Waals surface area (Å²) in [4.78, 5) is 11.6. The number of carbonyl (C=O) groups is 1. The van der Waals surface area contributed by atoms with E-state index in [-0.39, 0.29) is 11.6 Å². The number of benzene rings is 2. The van der Waals surface area contributed by atoms with Crippen LogP contribution in [0, 0.1) is 12.7 Å². The molecule has 0 fully saturated rings. The molecule has 0 bridgehead atoms. The molecule has 0 radical (unpaired) electrons. The molecule has 6 heteroatoms. The van der Waals surface area contributed by atoms with E-state index in [1.165, 1.54) is 24.4 Å². The quantitative estimate of drug-likeness (QED) is 0.678. The lowest BCUT2D eigenvalue weighted by molar-refractivity contribution is -0.123. The molecule has 0 atom stereocenters. The number of amides is 1. The molecule has 22 heavy (non-hydrogen) atoms. The van der Waals surface area contributed by atoms with E-state index in [0.717, 1.165) is 5.56 Å². The molecule has 0 aliphatic rings. The fraction of sp³-hybridized carbons (Fsp3) is 0.125. The first-order valence-corrected chi connectivity index (χ1v) is 6.89. The molecule has 0 unspecified atom stereocenters. The van der Waals surface area contributed by atoms with E-state index in [2.05, 4.69) is 10.5 Å². The Morgan fingerprint density at radius 2 is 2.18 bits per heavy atom. The number of aryl methyl sites for hydroxylation is 1. The predicted octanol–water partition coefficient (Wildman–Crippen LogP) is 3.32. The number of hydrazone groups is 1. The molecule has 0 aliphatic heterocycles. The summed E-state index contributed by atoms with van der Waals surface area (Å²) in [6.45, 7) is 1.78. The summed E-state index contributed by atoms with van der Waals surface area (Å²) >= 11 is 5.83. The Kier molecular flexibility index (Phi) is 5.49. The standard InChI is InChI=1S/C16H14ClFN2O2/c1-11-3-2-4-14(7-11)22-10-16(21)20-19-9-12-5-6-13(18)8-15(12)17/h2-9H,10H2,1H3,(H,20,21)/b19-9+. The van der Waals surface area contributed by atoms with Crippen molar-refractivity contribution in [2.75, 3.05) is 6.61 Å². The minimum Gasteiger partial charge on any atom is -0.484 e. The second-order valence-electron chi connectivity index (χ2n) is 4.56. The number of nitrogens with zero attached hydrogens (tertiary/aromatic N) is 1. The van der Waals surface area contributed by atoms with Gasteiger partial charge in [-0.15, -0.1) is 0 Å². The third kappa shape index (κ3) is 4.86. The van der Waals surface area contributed by atoms with Gasteiger partial charge in [0, 0.05) is 5.56 Å². The fourth-order valence-electron chi connectivity index (χ4n) is 1.67. The number of ether oxygens (including phenoxy) is 1. The van der Waals surface area contributed by atoms with Crippen LogP contribution in [0.3, 0.4) is 0 Å². The smallest absolute Gasteiger partial charge is 0.277 e. The highest BCUT2D eigenvalue weighted by atomic mass is 35.5. The molecule has 0 saturated heterocycles. The van der Waals surface area contributed by atoms with Gasteiger partial charge >= 0.3 is 0 Å². The summed E-state index contributed by atoms with van der Waals surface area (Å²) in [6.07, 6.45) is 1.34. The minimum absolute atomic E-state index is 0.155. The summed E-state index contributed by atoms with van der Waals surface area (Å²) in [5.41, 5.74) is 3.86. The largest absolute Gasteiger partial charge is 0.484 e. The zero-order valence-corrected chi connectivity index (χ0v) is 12.6. The van der Waals surface area contributed by atoms with Gasteiger partial charge in [-0.1, -0.05) is 23.7 Å². The van der Waals surface area contributed by atoms with Crippen molar-refractivity contribution >= 4 is 23.7 Å². The van der Waals surface area contributed by atoms with Gasteiger partial charge in [-0.2, -0.15) is 5.10 Å². The van der Waals surface area contributed by atoms with E-state index in [0.29, 0.717) is 11.3 Å². The Morgan fingerprint density at radius 1 is 1.36 bits per heavy atom. The van der Waals surface area contributed by atoms with Crippen molar-refractivity contribution in [1.82, 2.24) is 5.43 Å². The molecule has 2 aromatic carbocycles. The molecule has 4 nitrogen and oxygen atoms in total. The Labute approximate surface area is 132 Å². The van der Waals surface area contributed by atoms with Crippen molar-refractivity contribution in [3.8, 4) is 5.75 Å². The lowest BCUT2D eigenvalue weighted by Gasteiger charge is -2.05. The average molecular weight is 321 g/mol. The second kappa shape index (κ2) is 7.56. The van der Waals surface area contributed by atoms with Gasteiger partial charge < -0.3 is 4.74 Å². The molecule has 0 aromatic heterocycles. The zero-order valence-electron chi connectivity index (χ0n) is 11.8. The molecular formula is C16H14ClFN2O2. The first-order valence-electron chi connectivity index (χ1n) is 6.51. The topological polar surface area (TPSA) is 50.7 Å². The van der Waals surface area contributed by atoms with Crippen LogP contribution >= 0.6 is 11.6 Å². The SMILES string of the molecule is Cc1cccc(OCC(=O)N/N=C/c2ccc(F)cc2Cl)c1. The minimum atomic E-state index is -0.433. The lowest BCUT2D eigenvalue weighted by atomic mass is 10.2. The lowest BCUT2D eigenvalue weighted by Crippen LogP contribution is -2.24. The third-order valence-corrected chi connectivity index (χ3v) is 3.04. The molecule has 114 valence electrons. The van der Waals surface area contributed by atoms with Crippen molar-refractivity contribution in [1.29, 1.82) is 0 Å². The van der Waals surface area contributed by atoms with Gasteiger partial charge in [0.25, 0.3) is 5.91 Å². The number of hydrogen-bond acceptors (Lipinski definition) is 3. The van der Waals surface area contributed by atoms with E-state index < -0.39 is 11.7 Å². The number of hydrogen-bond donors (Lipinski definition) is 1. The van der Waals surface area contributed by atoms with Crippen molar-refractivity contribution in [2.45, 2.75) is 6.92 Å². The highest BCUT2D eigenvalue weighted by Gasteiger charge is 2.02. The maximum atomic E-state index is 12.9. The van der Waals surface area contributed by atoms with Crippen LogP contribution in [0.4, 0.5) is 4.39 Å². The first-order chi connectivity index (χ1) is 10.5. The Balaban J connectivity index is 1.83. The molecule has 0 heterocycles. The number of carbonyl (C=O) groups excluding carboxylic acids is 1. The number of rotatable bonds is 5. The highest BCUT2D eigenvalue weighted by molar-refractivity contribution is 6.33. The van der Waals surface area contributed by atoms with E-state index in [9.17, 15) is 9.18 Å². The molecule has 1 N–H and O–H groups in total. The maximum Gasteiger partial charge on any atom is 0.277 e. The van der Waals surface area contributed by atoms with E-state index in [1.54, 1.807) is 6.07 Å². The van der Waals surface area contributed by atoms with Gasteiger partial charge in [0.1, 0.15) is 11.6 Å². The van der Waals surface area contributed by atoms with Gasteiger partial charge in [0.2, 0.25) is 0 Å². The van der Waals surface area contributed by atoms with E-state index in [1.807, 2.05) is 25.1 Å². The van der Waals surface area contributed by atoms with Gasteiger partial charge in [-0.3, -0.25) is 4.79 Å². The van der Waals surface area contributed by atoms with Crippen molar-refractivity contribution in [2.24, 2.45) is 5.10 Å². The zero-order chi connectivity index (χ0) is 15.9. The summed E-state index contributed by atoms with van der Waals surface area (Å²) in [6, 6.07) is 11.3. The van der Waals surface area contributed by atoms with Crippen LogP contribution in [-0.2, 0) is 4.79 Å². The molecule has 0 spiro atoms. The van der Waals surface area contributed by atoms with Crippen molar-refractivity contribution in [3.05, 3.63) is 64.4 Å². The Hall–Kier alpha value is -2.40. The summed E-state index contributed by atoms with van der Waals surface area (Å²) in [5.74, 6) is -0.227. The second-order valence-corrected chi connectivity index (χ2v) is 4.97. The number of nitrogens with one attached hydrogen (secondary N) is 1. The van der Waals surface area contributed by atoms with Gasteiger partial charge in [-0.25, -0.2) is 9.82 Å². The van der Waals surface area contributed by atoms with Crippen LogP contribution in [0.15, 0.2) is 47.6 Å². The molecule has 1 amide bonds. The molecule has 2 rings (SSSR count). The van der Waals surface area contributed by atoms with E-state index in [4.69, 9.17) is 16.3 Å². The normalized spacial score (nSPS) is 10.7. The van der Waals surface area contributed by atoms with Crippen LogP contribution < -0.4 is 10.2 Å². The first kappa shape index (κ1) is 16.0. The average Bonchev–Trinajstić information content (AvgIpc) is 2.47. The van der Waals surface area contributed by atoms with Crippen molar-refractivity contribution < 1.29 is 13.9 Å². The van der Waals surface area contributed by atoms with Gasteiger partial charge in [0.05, 0.1) is 11.2 Å². The predicted molar refractivity (Wildman–Crippen MR) is 83.8 cm³/mol. The molecule has 0 aliphatic carbocycles. The highest BCUT2D eigenvalue weighted by Crippen LogP contribution is 2.15. The van der Waals surface area contributed by atoms with Crippen molar-refractivity contribution in [3.63, 3.8) is 0 Å². The summed E-state index contributed by atoms with van der Waals surface area (Å²) in [7, 11) is 0. The molecule has 2 aromatic rings. The van der Waals surface area contributed by atoms with E-state index >= 15 is 0 Å². The van der Waals surface area contributed by atoms with Crippen LogP contribution in [0.25, 0.3) is 0 Å². The third-order valence-electron chi connectivity index (χ3n) is 2.71. The maximum absolute atomic E-state index is 12.9. The van der Waals surface area contributed by atoms with Crippen LogP contribution in [0.2, 0.25) is 5.02 Å². The monoisotopic (exact) mass is 320 g/mol. The summed E-state index contributed by atoms with van der Waals surface area (Å²) < 4.78 is 18.2. The van der Waals surface area contributed by atoms with Gasteiger partial charge in [-0.05, 0) is 42.8 Å². The molecule has 0 saturated carbocycles. The van der Waals surface area contributed by atoms with Gasteiger partial charge in [0.15, 0.2) is 6.61 Å². The van der Waals surface area contributed by atoms with Crippen LogP contribution in [0.5, 0.6) is 5.75 Å². The Bertz CT molecular complexity index is 704.